The Bertz CT molecular complexity index is 496. The van der Waals surface area contributed by atoms with Gasteiger partial charge in [-0.3, -0.25) is 4.79 Å². The standard InChI is InChI=1S/C13H11F3O2/c1-4-12(2,3)18-10-6-5-9(8-17)11(7-10)13(14,15)16/h1,5-8H,2-3H3. The smallest absolute Gasteiger partial charge is 0.417 e. The Balaban J connectivity index is 3.21. The molecule has 1 rings (SSSR count). The number of benzene rings is 1. The molecule has 18 heavy (non-hydrogen) atoms. The van der Waals surface area contributed by atoms with E-state index in [-0.39, 0.29) is 12.0 Å². The lowest BCUT2D eigenvalue weighted by Crippen LogP contribution is -2.25. The van der Waals surface area contributed by atoms with E-state index < -0.39 is 22.9 Å². The number of carbonyl (C=O) groups excluding carboxylic acids is 1. The molecule has 0 aliphatic heterocycles. The molecule has 2 nitrogen and oxygen atoms in total. The molecule has 0 atom stereocenters. The number of hydrogen-bond donors (Lipinski definition) is 0. The third-order valence-electron chi connectivity index (χ3n) is 2.18. The Kier molecular flexibility index (Phi) is 3.70. The van der Waals surface area contributed by atoms with Crippen molar-refractivity contribution in [3.63, 3.8) is 0 Å². The van der Waals surface area contributed by atoms with Gasteiger partial charge in [-0.05, 0) is 32.0 Å². The van der Waals surface area contributed by atoms with Crippen molar-refractivity contribution in [1.29, 1.82) is 0 Å². The molecule has 0 N–H and O–H groups in total. The first kappa shape index (κ1) is 14.1. The summed E-state index contributed by atoms with van der Waals surface area (Å²) in [6.45, 7) is 3.10. The van der Waals surface area contributed by atoms with E-state index in [2.05, 4.69) is 5.92 Å². The van der Waals surface area contributed by atoms with Gasteiger partial charge in [0.25, 0.3) is 0 Å². The summed E-state index contributed by atoms with van der Waals surface area (Å²) in [6.07, 6.45) is 0.717. The van der Waals surface area contributed by atoms with Crippen LogP contribution in [0.15, 0.2) is 18.2 Å². The number of ether oxygens (including phenoxy) is 1. The van der Waals surface area contributed by atoms with Crippen LogP contribution in [0.4, 0.5) is 13.2 Å². The van der Waals surface area contributed by atoms with Crippen LogP contribution < -0.4 is 4.74 Å². The van der Waals surface area contributed by atoms with Crippen LogP contribution in [0.25, 0.3) is 0 Å². The van der Waals surface area contributed by atoms with Gasteiger partial charge >= 0.3 is 6.18 Å². The van der Waals surface area contributed by atoms with Crippen molar-refractivity contribution in [2.75, 3.05) is 0 Å². The van der Waals surface area contributed by atoms with Gasteiger partial charge in [0, 0.05) is 5.56 Å². The maximum Gasteiger partial charge on any atom is 0.417 e. The summed E-state index contributed by atoms with van der Waals surface area (Å²) in [5.41, 5.74) is -2.50. The van der Waals surface area contributed by atoms with E-state index in [9.17, 15) is 18.0 Å². The highest BCUT2D eigenvalue weighted by Crippen LogP contribution is 2.34. The van der Waals surface area contributed by atoms with Crippen molar-refractivity contribution >= 4 is 6.29 Å². The zero-order valence-electron chi connectivity index (χ0n) is 9.84. The third-order valence-corrected chi connectivity index (χ3v) is 2.18. The maximum absolute atomic E-state index is 12.7. The van der Waals surface area contributed by atoms with Crippen LogP contribution in [0.5, 0.6) is 5.75 Å². The second-order valence-electron chi connectivity index (χ2n) is 4.12. The van der Waals surface area contributed by atoms with E-state index in [1.165, 1.54) is 6.07 Å². The van der Waals surface area contributed by atoms with E-state index in [4.69, 9.17) is 11.2 Å². The van der Waals surface area contributed by atoms with Gasteiger partial charge < -0.3 is 4.74 Å². The predicted octanol–water partition coefficient (Wildman–Crippen LogP) is 3.31. The number of hydrogen-bond acceptors (Lipinski definition) is 2. The molecule has 1 aromatic rings. The number of aldehydes is 1. The quantitative estimate of drug-likeness (QED) is 0.612. The van der Waals surface area contributed by atoms with Gasteiger partial charge in [0.1, 0.15) is 5.75 Å². The Morgan fingerprint density at radius 2 is 1.94 bits per heavy atom. The average Bonchev–Trinajstić information content (AvgIpc) is 2.27. The van der Waals surface area contributed by atoms with Crippen LogP contribution >= 0.6 is 0 Å². The second kappa shape index (κ2) is 4.73. The van der Waals surface area contributed by atoms with Crippen molar-refractivity contribution in [2.45, 2.75) is 25.6 Å². The molecular weight excluding hydrogens is 245 g/mol. The molecule has 0 unspecified atom stereocenters. The van der Waals surface area contributed by atoms with Crippen LogP contribution in [-0.4, -0.2) is 11.9 Å². The summed E-state index contributed by atoms with van der Waals surface area (Å²) < 4.78 is 43.3. The molecule has 5 heteroatoms. The van der Waals surface area contributed by atoms with Gasteiger partial charge in [-0.25, -0.2) is 0 Å². The first-order valence-corrected chi connectivity index (χ1v) is 5.03. The summed E-state index contributed by atoms with van der Waals surface area (Å²) in [5, 5.41) is 0. The first-order chi connectivity index (χ1) is 8.19. The number of carbonyl (C=O) groups is 1. The summed E-state index contributed by atoms with van der Waals surface area (Å²) in [6, 6.07) is 3.10. The Morgan fingerprint density at radius 3 is 2.39 bits per heavy atom. The molecule has 1 aromatic carbocycles. The molecule has 0 spiro atoms. The summed E-state index contributed by atoms with van der Waals surface area (Å²) in [5.74, 6) is 2.27. The molecule has 0 fully saturated rings. The SMILES string of the molecule is C#CC(C)(C)Oc1ccc(C=O)c(C(F)(F)F)c1. The highest BCUT2D eigenvalue weighted by molar-refractivity contribution is 5.78. The molecule has 0 amide bonds. The molecule has 0 aliphatic rings. The zero-order chi connectivity index (χ0) is 14.0. The molecule has 0 bridgehead atoms. The lowest BCUT2D eigenvalue weighted by atomic mass is 10.1. The van der Waals surface area contributed by atoms with Crippen LogP contribution in [-0.2, 0) is 6.18 Å². The number of alkyl halides is 3. The minimum absolute atomic E-state index is 0.0316. The zero-order valence-corrected chi connectivity index (χ0v) is 9.84. The summed E-state index contributed by atoms with van der Waals surface area (Å²) in [4.78, 5) is 10.6. The van der Waals surface area contributed by atoms with Crippen LogP contribution in [0.2, 0.25) is 0 Å². The second-order valence-corrected chi connectivity index (χ2v) is 4.12. The molecule has 96 valence electrons. The lowest BCUT2D eigenvalue weighted by molar-refractivity contribution is -0.138. The highest BCUT2D eigenvalue weighted by atomic mass is 19.4. The molecule has 0 aromatic heterocycles. The Morgan fingerprint density at radius 1 is 1.33 bits per heavy atom. The Labute approximate surface area is 103 Å². The van der Waals surface area contributed by atoms with E-state index in [1.54, 1.807) is 13.8 Å². The van der Waals surface area contributed by atoms with E-state index >= 15 is 0 Å². The highest BCUT2D eigenvalue weighted by Gasteiger charge is 2.34. The molecule has 0 aliphatic carbocycles. The van der Waals surface area contributed by atoms with Crippen molar-refractivity contribution in [1.82, 2.24) is 0 Å². The number of terminal acetylenes is 1. The maximum atomic E-state index is 12.7. The van der Waals surface area contributed by atoms with Gasteiger partial charge in [0.05, 0.1) is 5.56 Å². The lowest BCUT2D eigenvalue weighted by Gasteiger charge is -2.21. The van der Waals surface area contributed by atoms with Crippen molar-refractivity contribution in [3.05, 3.63) is 29.3 Å². The predicted molar refractivity (Wildman–Crippen MR) is 60.4 cm³/mol. The normalized spacial score (nSPS) is 11.8. The molecule has 0 saturated carbocycles. The van der Waals surface area contributed by atoms with Crippen molar-refractivity contribution < 1.29 is 22.7 Å². The Hall–Kier alpha value is -1.96. The fraction of sp³-hybridized carbons (Fsp3) is 0.308. The van der Waals surface area contributed by atoms with Gasteiger partial charge in [-0.2, -0.15) is 13.2 Å². The topological polar surface area (TPSA) is 26.3 Å². The van der Waals surface area contributed by atoms with Crippen LogP contribution in [0.1, 0.15) is 29.8 Å². The summed E-state index contributed by atoms with van der Waals surface area (Å²) >= 11 is 0. The molecular formula is C13H11F3O2. The average molecular weight is 256 g/mol. The van der Waals surface area contributed by atoms with E-state index in [1.807, 2.05) is 0 Å². The van der Waals surface area contributed by atoms with Crippen LogP contribution in [0, 0.1) is 12.3 Å². The van der Waals surface area contributed by atoms with Gasteiger partial charge in [0.2, 0.25) is 0 Å². The number of halogens is 3. The van der Waals surface area contributed by atoms with Gasteiger partial charge in [0.15, 0.2) is 11.9 Å². The molecule has 0 radical (unpaired) electrons. The largest absolute Gasteiger partial charge is 0.475 e. The van der Waals surface area contributed by atoms with Gasteiger partial charge in [-0.15, -0.1) is 6.42 Å². The van der Waals surface area contributed by atoms with Crippen molar-refractivity contribution in [3.8, 4) is 18.1 Å². The summed E-state index contributed by atoms with van der Waals surface area (Å²) in [7, 11) is 0. The van der Waals surface area contributed by atoms with Crippen molar-refractivity contribution in [2.24, 2.45) is 0 Å². The van der Waals surface area contributed by atoms with Gasteiger partial charge in [-0.1, -0.05) is 5.92 Å². The first-order valence-electron chi connectivity index (χ1n) is 5.03. The number of rotatable bonds is 3. The minimum Gasteiger partial charge on any atom is -0.475 e. The fourth-order valence-electron chi connectivity index (χ4n) is 1.27. The molecule has 0 heterocycles. The van der Waals surface area contributed by atoms with E-state index in [0.29, 0.717) is 0 Å². The minimum atomic E-state index is -4.62. The molecule has 0 saturated heterocycles. The fourth-order valence-corrected chi connectivity index (χ4v) is 1.27. The van der Waals surface area contributed by atoms with E-state index in [0.717, 1.165) is 12.1 Å². The van der Waals surface area contributed by atoms with Crippen LogP contribution in [0.3, 0.4) is 0 Å². The monoisotopic (exact) mass is 256 g/mol. The third kappa shape index (κ3) is 3.27.